The summed E-state index contributed by atoms with van der Waals surface area (Å²) in [5.74, 6) is 0.155. The molecule has 1 unspecified atom stereocenters. The number of halogens is 2. The Labute approximate surface area is 215 Å². The number of benzene rings is 1. The Hall–Kier alpha value is -3.25. The van der Waals surface area contributed by atoms with Gasteiger partial charge in [-0.2, -0.15) is 10.1 Å². The minimum Gasteiger partial charge on any atom is -0.456 e. The molecule has 3 aliphatic rings. The van der Waals surface area contributed by atoms with Crippen molar-refractivity contribution in [3.05, 3.63) is 52.6 Å². The molecule has 0 radical (unpaired) electrons. The number of hydrogen-bond acceptors (Lipinski definition) is 8. The number of imidazole rings is 1. The first-order valence-electron chi connectivity index (χ1n) is 12.1. The molecule has 1 aromatic carbocycles. The van der Waals surface area contributed by atoms with Gasteiger partial charge in [0.25, 0.3) is 6.01 Å². The standard InChI is InChI=1S/C25H24ClFN6O4/c1-33-8-13(7-28-33)12-4-11-2-3-16(20(11)15(27)5-12)29-23-14(26)6-17-24(31-23)32-25(30-17)37-19-10-36-21-18(34)9-35-22(19)21/h4-8,16,18-19,21-22,34H,2-3,9-10H2,1H3,(H2,29,30,31,32)/t16?,18-,19-,21-,22-/m1/s1. The van der Waals surface area contributed by atoms with Crippen molar-refractivity contribution in [1.29, 1.82) is 0 Å². The Kier molecular flexibility index (Phi) is 5.36. The van der Waals surface area contributed by atoms with Gasteiger partial charge in [0, 0.05) is 24.4 Å². The van der Waals surface area contributed by atoms with Gasteiger partial charge in [0.2, 0.25) is 0 Å². The minimum atomic E-state index is -0.657. The Morgan fingerprint density at radius 1 is 1.19 bits per heavy atom. The van der Waals surface area contributed by atoms with Crippen LogP contribution < -0.4 is 10.1 Å². The average molecular weight is 527 g/mol. The Bertz CT molecular complexity index is 1510. The molecule has 3 aromatic heterocycles. The maximum atomic E-state index is 15.3. The number of H-pyrrole nitrogens is 1. The molecule has 2 saturated heterocycles. The lowest BCUT2D eigenvalue weighted by atomic mass is 10.0. The summed E-state index contributed by atoms with van der Waals surface area (Å²) in [6.07, 6.45) is 3.25. The molecule has 7 rings (SSSR count). The zero-order valence-corrected chi connectivity index (χ0v) is 20.6. The van der Waals surface area contributed by atoms with E-state index in [0.29, 0.717) is 40.6 Å². The highest BCUT2D eigenvalue weighted by atomic mass is 35.5. The molecule has 37 heavy (non-hydrogen) atoms. The largest absolute Gasteiger partial charge is 0.456 e. The molecule has 0 spiro atoms. The van der Waals surface area contributed by atoms with Crippen LogP contribution in [-0.2, 0) is 22.9 Å². The number of aliphatic hydroxyl groups is 1. The molecule has 2 fully saturated rings. The van der Waals surface area contributed by atoms with E-state index in [4.69, 9.17) is 25.8 Å². The van der Waals surface area contributed by atoms with E-state index in [1.54, 1.807) is 23.0 Å². The molecular formula is C25H24ClFN6O4. The highest BCUT2D eigenvalue weighted by Gasteiger charge is 2.48. The van der Waals surface area contributed by atoms with E-state index in [0.717, 1.165) is 23.1 Å². The van der Waals surface area contributed by atoms with Crippen LogP contribution >= 0.6 is 11.6 Å². The Morgan fingerprint density at radius 3 is 2.89 bits per heavy atom. The maximum absolute atomic E-state index is 15.3. The smallest absolute Gasteiger partial charge is 0.296 e. The fourth-order valence-electron chi connectivity index (χ4n) is 5.50. The SMILES string of the molecule is Cn1cc(-c2cc(F)c3c(c2)CCC3Nc2nc3nc(O[C@@H]4CO[C@H]5[C@@H]4OC[C@H]5O)[nH]c3cc2Cl)cn1. The molecule has 0 saturated carbocycles. The van der Waals surface area contributed by atoms with E-state index >= 15 is 4.39 Å². The van der Waals surface area contributed by atoms with E-state index < -0.39 is 18.3 Å². The topological polar surface area (TPSA) is 119 Å². The average Bonchev–Trinajstić information content (AvgIpc) is 3.67. The summed E-state index contributed by atoms with van der Waals surface area (Å²) in [5.41, 5.74) is 4.29. The fourth-order valence-corrected chi connectivity index (χ4v) is 5.71. The van der Waals surface area contributed by atoms with Gasteiger partial charge >= 0.3 is 0 Å². The van der Waals surface area contributed by atoms with Crippen molar-refractivity contribution in [3.63, 3.8) is 0 Å². The lowest BCUT2D eigenvalue weighted by molar-refractivity contribution is 0.00706. The number of nitrogens with zero attached hydrogens (tertiary/aromatic N) is 4. The predicted molar refractivity (Wildman–Crippen MR) is 132 cm³/mol. The van der Waals surface area contributed by atoms with E-state index in [-0.39, 0.29) is 30.6 Å². The van der Waals surface area contributed by atoms with Crippen LogP contribution in [0.15, 0.2) is 30.6 Å². The normalized spacial score (nSPS) is 26.5. The third-order valence-electron chi connectivity index (χ3n) is 7.26. The lowest BCUT2D eigenvalue weighted by Gasteiger charge is -2.17. The van der Waals surface area contributed by atoms with E-state index in [9.17, 15) is 5.11 Å². The number of aromatic nitrogens is 5. The minimum absolute atomic E-state index is 0.219. The van der Waals surface area contributed by atoms with E-state index in [2.05, 4.69) is 25.4 Å². The second-order valence-electron chi connectivity index (χ2n) is 9.72. The van der Waals surface area contributed by atoms with Gasteiger partial charge in [-0.1, -0.05) is 17.7 Å². The summed E-state index contributed by atoms with van der Waals surface area (Å²) in [4.78, 5) is 12.1. The highest BCUT2D eigenvalue weighted by molar-refractivity contribution is 6.33. The first kappa shape index (κ1) is 22.9. The van der Waals surface area contributed by atoms with Gasteiger partial charge in [0.1, 0.15) is 29.9 Å². The van der Waals surface area contributed by atoms with Gasteiger partial charge in [-0.15, -0.1) is 0 Å². The van der Waals surface area contributed by atoms with E-state index in [1.165, 1.54) is 0 Å². The molecule has 4 aromatic rings. The molecule has 3 N–H and O–H groups in total. The van der Waals surface area contributed by atoms with Crippen LogP contribution in [0.2, 0.25) is 5.02 Å². The van der Waals surface area contributed by atoms with Crippen molar-refractivity contribution in [1.82, 2.24) is 24.7 Å². The first-order chi connectivity index (χ1) is 17.9. The molecule has 192 valence electrons. The van der Waals surface area contributed by atoms with Gasteiger partial charge < -0.3 is 29.6 Å². The van der Waals surface area contributed by atoms with Gasteiger partial charge in [-0.05, 0) is 36.1 Å². The molecule has 5 atom stereocenters. The number of ether oxygens (including phenoxy) is 3. The summed E-state index contributed by atoms with van der Waals surface area (Å²) in [6, 6.07) is 5.28. The van der Waals surface area contributed by atoms with Crippen molar-refractivity contribution in [2.75, 3.05) is 18.5 Å². The molecular weight excluding hydrogens is 503 g/mol. The van der Waals surface area contributed by atoms with Gasteiger partial charge in [0.15, 0.2) is 11.8 Å². The van der Waals surface area contributed by atoms with E-state index in [1.807, 2.05) is 19.3 Å². The van der Waals surface area contributed by atoms with Crippen molar-refractivity contribution in [2.24, 2.45) is 7.05 Å². The van der Waals surface area contributed by atoms with Gasteiger partial charge in [-0.3, -0.25) is 4.68 Å². The first-order valence-corrected chi connectivity index (χ1v) is 12.5. The van der Waals surface area contributed by atoms with Crippen LogP contribution in [-0.4, -0.2) is 67.5 Å². The summed E-state index contributed by atoms with van der Waals surface area (Å²) >= 11 is 6.54. The van der Waals surface area contributed by atoms with Crippen molar-refractivity contribution in [2.45, 2.75) is 43.3 Å². The number of anilines is 1. The molecule has 12 heteroatoms. The Balaban J connectivity index is 1.12. The van der Waals surface area contributed by atoms with Gasteiger partial charge in [0.05, 0.1) is 36.0 Å². The molecule has 0 amide bonds. The summed E-state index contributed by atoms with van der Waals surface area (Å²) < 4.78 is 34.2. The van der Waals surface area contributed by atoms with Crippen molar-refractivity contribution < 1.29 is 23.7 Å². The van der Waals surface area contributed by atoms with Crippen LogP contribution in [0.3, 0.4) is 0 Å². The van der Waals surface area contributed by atoms with Crippen LogP contribution in [0.5, 0.6) is 6.01 Å². The number of hydrogen-bond donors (Lipinski definition) is 3. The monoisotopic (exact) mass is 526 g/mol. The lowest BCUT2D eigenvalue weighted by Crippen LogP contribution is -2.34. The summed E-state index contributed by atoms with van der Waals surface area (Å²) in [7, 11) is 1.84. The third-order valence-corrected chi connectivity index (χ3v) is 7.55. The number of aryl methyl sites for hydroxylation is 2. The number of rotatable bonds is 5. The fraction of sp³-hybridized carbons (Fsp3) is 0.400. The number of pyridine rings is 1. The van der Waals surface area contributed by atoms with Crippen LogP contribution in [0.4, 0.5) is 10.2 Å². The zero-order chi connectivity index (χ0) is 25.3. The van der Waals surface area contributed by atoms with Crippen LogP contribution in [0.25, 0.3) is 22.3 Å². The third kappa shape index (κ3) is 3.93. The number of nitrogens with one attached hydrogen (secondary N) is 2. The number of aromatic amines is 1. The number of aliphatic hydroxyl groups excluding tert-OH is 1. The molecule has 2 aliphatic heterocycles. The highest BCUT2D eigenvalue weighted by Crippen LogP contribution is 2.39. The zero-order valence-electron chi connectivity index (χ0n) is 19.8. The molecule has 1 aliphatic carbocycles. The summed E-state index contributed by atoms with van der Waals surface area (Å²) in [5, 5.41) is 17.8. The van der Waals surface area contributed by atoms with Crippen molar-refractivity contribution >= 4 is 28.6 Å². The van der Waals surface area contributed by atoms with Crippen LogP contribution in [0.1, 0.15) is 23.6 Å². The second-order valence-corrected chi connectivity index (χ2v) is 10.1. The molecule has 10 nitrogen and oxygen atoms in total. The number of fused-ring (bicyclic) bond motifs is 3. The van der Waals surface area contributed by atoms with Crippen molar-refractivity contribution in [3.8, 4) is 17.1 Å². The Morgan fingerprint density at radius 2 is 2.05 bits per heavy atom. The van der Waals surface area contributed by atoms with Gasteiger partial charge in [-0.25, -0.2) is 9.37 Å². The summed E-state index contributed by atoms with van der Waals surface area (Å²) in [6.45, 7) is 0.511. The predicted octanol–water partition coefficient (Wildman–Crippen LogP) is 3.16. The van der Waals surface area contributed by atoms with Crippen LogP contribution in [0, 0.1) is 5.82 Å². The molecule has 5 heterocycles. The molecule has 0 bridgehead atoms. The maximum Gasteiger partial charge on any atom is 0.296 e. The second kappa shape index (κ2) is 8.66. The quantitative estimate of drug-likeness (QED) is 0.363.